The fourth-order valence-electron chi connectivity index (χ4n) is 8.23. The third-order valence-electron chi connectivity index (χ3n) is 10.7. The summed E-state index contributed by atoms with van der Waals surface area (Å²) in [6.07, 6.45) is 0. The van der Waals surface area contributed by atoms with Crippen molar-refractivity contribution in [2.75, 3.05) is 0 Å². The number of fused-ring (bicyclic) bond motifs is 10. The van der Waals surface area contributed by atoms with E-state index < -0.39 is 0 Å². The summed E-state index contributed by atoms with van der Waals surface area (Å²) in [5.74, 6) is 1.68. The van der Waals surface area contributed by atoms with Gasteiger partial charge < -0.3 is 13.3 Å². The van der Waals surface area contributed by atoms with Crippen LogP contribution in [0.5, 0.6) is 0 Å². The second-order valence-corrected chi connectivity index (χ2v) is 13.9. The first-order chi connectivity index (χ1) is 27.2. The molecular weight excluding hydrogens is 679 g/mol. The van der Waals surface area contributed by atoms with Crippen molar-refractivity contribution in [1.29, 1.82) is 0 Å². The summed E-state index contributed by atoms with van der Waals surface area (Å²) in [5.41, 5.74) is 9.41. The fourth-order valence-corrected chi connectivity index (χ4v) is 8.23. The van der Waals surface area contributed by atoms with Crippen molar-refractivity contribution in [2.45, 2.75) is 0 Å². The van der Waals surface area contributed by atoms with Crippen LogP contribution in [-0.4, -0.2) is 15.0 Å². The topological polar surface area (TPSA) is 78.1 Å². The van der Waals surface area contributed by atoms with E-state index in [1.165, 1.54) is 0 Å². The van der Waals surface area contributed by atoms with Crippen molar-refractivity contribution in [2.24, 2.45) is 0 Å². The van der Waals surface area contributed by atoms with E-state index in [1.54, 1.807) is 0 Å². The largest absolute Gasteiger partial charge is 0.456 e. The van der Waals surface area contributed by atoms with Gasteiger partial charge in [-0.2, -0.15) is 0 Å². The van der Waals surface area contributed by atoms with Crippen LogP contribution < -0.4 is 0 Å². The van der Waals surface area contributed by atoms with Crippen LogP contribution in [0.25, 0.3) is 122 Å². The number of aromatic nitrogens is 3. The van der Waals surface area contributed by atoms with E-state index in [0.717, 1.165) is 104 Å². The number of benzene rings is 8. The molecule has 0 saturated carbocycles. The second kappa shape index (κ2) is 11.5. The molecule has 8 aromatic carbocycles. The summed E-state index contributed by atoms with van der Waals surface area (Å²) in [7, 11) is 0. The van der Waals surface area contributed by atoms with E-state index in [1.807, 2.05) is 91.0 Å². The maximum Gasteiger partial charge on any atom is 0.164 e. The highest BCUT2D eigenvalue weighted by atomic mass is 16.3. The Bertz CT molecular complexity index is 3500. The molecule has 4 heterocycles. The van der Waals surface area contributed by atoms with Gasteiger partial charge in [0, 0.05) is 49.0 Å². The molecule has 0 N–H and O–H groups in total. The molecule has 0 atom stereocenters. The van der Waals surface area contributed by atoms with E-state index >= 15 is 0 Å². The van der Waals surface area contributed by atoms with Gasteiger partial charge in [0.2, 0.25) is 0 Å². The Morgan fingerprint density at radius 2 is 0.818 bits per heavy atom. The van der Waals surface area contributed by atoms with Gasteiger partial charge in [-0.05, 0) is 70.4 Å². The highest BCUT2D eigenvalue weighted by Crippen LogP contribution is 2.44. The predicted octanol–water partition coefficient (Wildman–Crippen LogP) is 13.4. The summed E-state index contributed by atoms with van der Waals surface area (Å²) in [4.78, 5) is 15.7. The minimum absolute atomic E-state index is 0.544. The van der Waals surface area contributed by atoms with E-state index in [0.29, 0.717) is 17.5 Å². The van der Waals surface area contributed by atoms with Crippen molar-refractivity contribution < 1.29 is 13.3 Å². The molecule has 6 nitrogen and oxygen atoms in total. The lowest BCUT2D eigenvalue weighted by Gasteiger charge is -2.12. The quantitative estimate of drug-likeness (QED) is 0.181. The monoisotopic (exact) mass is 705 g/mol. The van der Waals surface area contributed by atoms with Crippen molar-refractivity contribution in [3.8, 4) is 45.3 Å². The number of hydrogen-bond donors (Lipinski definition) is 0. The molecular formula is C49H27N3O3. The van der Waals surface area contributed by atoms with Gasteiger partial charge in [0.1, 0.15) is 33.5 Å². The van der Waals surface area contributed by atoms with Gasteiger partial charge in [0.15, 0.2) is 17.5 Å². The Morgan fingerprint density at radius 1 is 0.291 bits per heavy atom. The average Bonchev–Trinajstić information content (AvgIpc) is 3.93. The van der Waals surface area contributed by atoms with Crippen molar-refractivity contribution in [3.63, 3.8) is 0 Å². The summed E-state index contributed by atoms with van der Waals surface area (Å²) < 4.78 is 19.4. The van der Waals surface area contributed by atoms with Crippen LogP contribution in [-0.2, 0) is 0 Å². The molecule has 0 radical (unpaired) electrons. The Kier molecular flexibility index (Phi) is 6.24. The normalized spacial score (nSPS) is 12.0. The van der Waals surface area contributed by atoms with E-state index in [2.05, 4.69) is 72.8 Å². The van der Waals surface area contributed by atoms with E-state index in [4.69, 9.17) is 28.2 Å². The first-order valence-electron chi connectivity index (χ1n) is 18.3. The third kappa shape index (κ3) is 4.58. The van der Waals surface area contributed by atoms with Gasteiger partial charge in [-0.1, -0.05) is 115 Å². The number of para-hydroxylation sites is 2. The van der Waals surface area contributed by atoms with Crippen LogP contribution in [0, 0.1) is 0 Å². The fraction of sp³-hybridized carbons (Fsp3) is 0. The zero-order valence-corrected chi connectivity index (χ0v) is 29.2. The molecule has 0 bridgehead atoms. The lowest BCUT2D eigenvalue weighted by atomic mass is 9.94. The second-order valence-electron chi connectivity index (χ2n) is 13.9. The molecule has 0 amide bonds. The summed E-state index contributed by atoms with van der Waals surface area (Å²) in [6.45, 7) is 0. The summed E-state index contributed by atoms with van der Waals surface area (Å²) >= 11 is 0. The van der Waals surface area contributed by atoms with Gasteiger partial charge in [0.05, 0.1) is 0 Å². The third-order valence-corrected chi connectivity index (χ3v) is 10.7. The van der Waals surface area contributed by atoms with Crippen LogP contribution >= 0.6 is 0 Å². The summed E-state index contributed by atoms with van der Waals surface area (Å²) in [6, 6.07) is 55.7. The smallest absolute Gasteiger partial charge is 0.164 e. The molecule has 0 aliphatic rings. The maximum absolute atomic E-state index is 6.63. The molecule has 6 heteroatoms. The molecule has 256 valence electrons. The number of rotatable bonds is 4. The molecule has 0 spiro atoms. The summed E-state index contributed by atoms with van der Waals surface area (Å²) in [5, 5.41) is 8.31. The lowest BCUT2D eigenvalue weighted by molar-refractivity contribution is 0.668. The molecule has 0 saturated heterocycles. The zero-order valence-electron chi connectivity index (χ0n) is 29.2. The molecule has 0 fully saturated rings. The molecule has 4 aromatic heterocycles. The molecule has 55 heavy (non-hydrogen) atoms. The van der Waals surface area contributed by atoms with Crippen LogP contribution in [0.3, 0.4) is 0 Å². The Labute approximate surface area is 312 Å². The van der Waals surface area contributed by atoms with E-state index in [-0.39, 0.29) is 0 Å². The highest BCUT2D eigenvalue weighted by molar-refractivity contribution is 6.18. The van der Waals surface area contributed by atoms with Gasteiger partial charge in [0.25, 0.3) is 0 Å². The minimum Gasteiger partial charge on any atom is -0.456 e. The maximum atomic E-state index is 6.63. The van der Waals surface area contributed by atoms with Crippen molar-refractivity contribution >= 4 is 76.6 Å². The first kappa shape index (κ1) is 29.9. The van der Waals surface area contributed by atoms with E-state index in [9.17, 15) is 0 Å². The predicted molar refractivity (Wildman–Crippen MR) is 221 cm³/mol. The highest BCUT2D eigenvalue weighted by Gasteiger charge is 2.23. The van der Waals surface area contributed by atoms with Gasteiger partial charge >= 0.3 is 0 Å². The molecule has 12 rings (SSSR count). The lowest BCUT2D eigenvalue weighted by Crippen LogP contribution is -2.01. The first-order valence-corrected chi connectivity index (χ1v) is 18.3. The van der Waals surface area contributed by atoms with Crippen LogP contribution in [0.15, 0.2) is 177 Å². The Balaban J connectivity index is 1.17. The Morgan fingerprint density at radius 3 is 1.56 bits per heavy atom. The molecule has 0 unspecified atom stereocenters. The minimum atomic E-state index is 0.544. The SMILES string of the molecule is c1ccc(-c2nc(-c3cccc4oc5ccccc5c34)nc(-c3cc(-c4cccc5oc6cc7ccccc7cc6c45)cc4oc5ccccc5c34)n2)cc1. The van der Waals surface area contributed by atoms with Crippen LogP contribution in [0.1, 0.15) is 0 Å². The zero-order chi connectivity index (χ0) is 36.0. The molecule has 12 aromatic rings. The molecule has 0 aliphatic heterocycles. The standard InChI is InChI=1S/C49H27N3O3/c1-2-12-28(13-3-1)47-50-48(35-19-11-23-41-45(35)33-16-6-8-20-38(33)53-41)52-49(51-47)37-25-31(27-43-46(37)34-17-7-9-21-39(34)54-43)32-18-10-22-40-44(32)36-24-29-14-4-5-15-30(29)26-42(36)55-40/h1-27H. The average molecular weight is 706 g/mol. The van der Waals surface area contributed by atoms with Crippen molar-refractivity contribution in [1.82, 2.24) is 15.0 Å². The number of furan rings is 3. The van der Waals surface area contributed by atoms with Crippen molar-refractivity contribution in [3.05, 3.63) is 164 Å². The van der Waals surface area contributed by atoms with Crippen LogP contribution in [0.4, 0.5) is 0 Å². The number of nitrogens with zero attached hydrogens (tertiary/aromatic N) is 3. The number of hydrogen-bond acceptors (Lipinski definition) is 6. The van der Waals surface area contributed by atoms with Gasteiger partial charge in [-0.25, -0.2) is 15.0 Å². The molecule has 0 aliphatic carbocycles. The van der Waals surface area contributed by atoms with Gasteiger partial charge in [-0.3, -0.25) is 0 Å². The Hall–Kier alpha value is -7.57. The van der Waals surface area contributed by atoms with Gasteiger partial charge in [-0.15, -0.1) is 0 Å². The van der Waals surface area contributed by atoms with Crippen LogP contribution in [0.2, 0.25) is 0 Å².